The van der Waals surface area contributed by atoms with Gasteiger partial charge in [-0.15, -0.1) is 0 Å². The molecule has 5 heteroatoms. The standard InChI is InChI=1S/C13H17NO3S/c1-13(2)8-14(5-6-18-13)12(17)10-4-3-9(15)7-11(10)16/h3-4,7,15-16H,5-6,8H2,1-2H3. The van der Waals surface area contributed by atoms with Crippen LogP contribution in [0.5, 0.6) is 11.5 Å². The molecule has 0 bridgehead atoms. The van der Waals surface area contributed by atoms with Crippen molar-refractivity contribution >= 4 is 17.7 Å². The molecule has 18 heavy (non-hydrogen) atoms. The van der Waals surface area contributed by atoms with Crippen LogP contribution < -0.4 is 0 Å². The first-order chi connectivity index (χ1) is 8.39. The number of carbonyl (C=O) groups excluding carboxylic acids is 1. The Hall–Kier alpha value is -1.36. The van der Waals surface area contributed by atoms with Gasteiger partial charge in [0, 0.05) is 29.7 Å². The van der Waals surface area contributed by atoms with E-state index in [4.69, 9.17) is 0 Å². The Morgan fingerprint density at radius 3 is 2.72 bits per heavy atom. The smallest absolute Gasteiger partial charge is 0.257 e. The van der Waals surface area contributed by atoms with Crippen molar-refractivity contribution in [2.24, 2.45) is 0 Å². The van der Waals surface area contributed by atoms with E-state index in [1.807, 2.05) is 11.8 Å². The number of phenols is 2. The van der Waals surface area contributed by atoms with Gasteiger partial charge in [-0.1, -0.05) is 0 Å². The number of aromatic hydroxyl groups is 2. The number of nitrogens with zero attached hydrogens (tertiary/aromatic N) is 1. The van der Waals surface area contributed by atoms with Crippen molar-refractivity contribution in [3.8, 4) is 11.5 Å². The fourth-order valence-electron chi connectivity index (χ4n) is 2.06. The summed E-state index contributed by atoms with van der Waals surface area (Å²) in [6.45, 7) is 5.56. The van der Waals surface area contributed by atoms with Crippen LogP contribution in [0, 0.1) is 0 Å². The molecule has 1 amide bonds. The average molecular weight is 267 g/mol. The van der Waals surface area contributed by atoms with Crippen LogP contribution in [-0.2, 0) is 0 Å². The summed E-state index contributed by atoms with van der Waals surface area (Å²) in [5.74, 6) is 0.507. The summed E-state index contributed by atoms with van der Waals surface area (Å²) >= 11 is 1.85. The second kappa shape index (κ2) is 4.72. The fraction of sp³-hybridized carbons (Fsp3) is 0.462. The summed E-state index contributed by atoms with van der Waals surface area (Å²) in [5.41, 5.74) is 0.246. The van der Waals surface area contributed by atoms with Gasteiger partial charge < -0.3 is 15.1 Å². The maximum absolute atomic E-state index is 12.3. The van der Waals surface area contributed by atoms with Gasteiger partial charge in [0.2, 0.25) is 0 Å². The number of hydrogen-bond donors (Lipinski definition) is 2. The number of phenolic OH excluding ortho intramolecular Hbond substituents is 2. The minimum absolute atomic E-state index is 0.0421. The molecule has 0 aliphatic carbocycles. The van der Waals surface area contributed by atoms with E-state index in [-0.39, 0.29) is 27.7 Å². The normalized spacial score (nSPS) is 18.7. The zero-order valence-corrected chi connectivity index (χ0v) is 11.3. The van der Waals surface area contributed by atoms with E-state index in [9.17, 15) is 15.0 Å². The lowest BCUT2D eigenvalue weighted by Crippen LogP contribution is -2.46. The molecule has 0 atom stereocenters. The molecule has 1 aromatic rings. The Balaban J connectivity index is 2.20. The largest absolute Gasteiger partial charge is 0.508 e. The van der Waals surface area contributed by atoms with Crippen LogP contribution in [0.4, 0.5) is 0 Å². The van der Waals surface area contributed by atoms with E-state index >= 15 is 0 Å². The van der Waals surface area contributed by atoms with Gasteiger partial charge in [-0.25, -0.2) is 0 Å². The van der Waals surface area contributed by atoms with E-state index in [0.717, 1.165) is 5.75 Å². The van der Waals surface area contributed by atoms with E-state index in [2.05, 4.69) is 13.8 Å². The predicted octanol–water partition coefficient (Wildman–Crippen LogP) is 2.07. The van der Waals surface area contributed by atoms with Crippen molar-refractivity contribution in [3.63, 3.8) is 0 Å². The molecule has 0 radical (unpaired) electrons. The molecule has 0 aromatic heterocycles. The lowest BCUT2D eigenvalue weighted by Gasteiger charge is -2.37. The van der Waals surface area contributed by atoms with Crippen LogP contribution in [0.25, 0.3) is 0 Å². The highest BCUT2D eigenvalue weighted by atomic mass is 32.2. The number of benzene rings is 1. The topological polar surface area (TPSA) is 60.8 Å². The highest BCUT2D eigenvalue weighted by Gasteiger charge is 2.31. The Bertz CT molecular complexity index is 473. The van der Waals surface area contributed by atoms with E-state index in [0.29, 0.717) is 13.1 Å². The average Bonchev–Trinajstić information content (AvgIpc) is 2.27. The minimum Gasteiger partial charge on any atom is -0.508 e. The molecule has 1 aromatic carbocycles. The summed E-state index contributed by atoms with van der Waals surface area (Å²) < 4.78 is 0.0421. The second-order valence-corrected chi connectivity index (χ2v) is 6.84. The zero-order valence-electron chi connectivity index (χ0n) is 10.5. The first-order valence-electron chi connectivity index (χ1n) is 5.84. The Kier molecular flexibility index (Phi) is 3.43. The van der Waals surface area contributed by atoms with Gasteiger partial charge in [0.15, 0.2) is 0 Å². The van der Waals surface area contributed by atoms with E-state index < -0.39 is 0 Å². The van der Waals surface area contributed by atoms with Gasteiger partial charge in [0.25, 0.3) is 5.91 Å². The predicted molar refractivity (Wildman–Crippen MR) is 72.2 cm³/mol. The van der Waals surface area contributed by atoms with Crippen LogP contribution in [-0.4, -0.2) is 44.6 Å². The molecular weight excluding hydrogens is 250 g/mol. The first kappa shape index (κ1) is 13.1. The Morgan fingerprint density at radius 1 is 1.39 bits per heavy atom. The van der Waals surface area contributed by atoms with E-state index in [1.165, 1.54) is 18.2 Å². The van der Waals surface area contributed by atoms with Gasteiger partial charge >= 0.3 is 0 Å². The molecule has 1 heterocycles. The molecular formula is C13H17NO3S. The molecule has 1 fully saturated rings. The molecule has 0 spiro atoms. The van der Waals surface area contributed by atoms with Crippen LogP contribution in [0.2, 0.25) is 0 Å². The Morgan fingerprint density at radius 2 is 2.11 bits per heavy atom. The van der Waals surface area contributed by atoms with Crippen molar-refractivity contribution in [2.45, 2.75) is 18.6 Å². The van der Waals surface area contributed by atoms with Crippen LogP contribution in [0.3, 0.4) is 0 Å². The van der Waals surface area contributed by atoms with Gasteiger partial charge in [0.1, 0.15) is 11.5 Å². The third kappa shape index (κ3) is 2.72. The van der Waals surface area contributed by atoms with Crippen molar-refractivity contribution in [3.05, 3.63) is 23.8 Å². The number of rotatable bonds is 1. The van der Waals surface area contributed by atoms with Crippen LogP contribution in [0.15, 0.2) is 18.2 Å². The maximum atomic E-state index is 12.3. The monoisotopic (exact) mass is 267 g/mol. The lowest BCUT2D eigenvalue weighted by atomic mass is 10.1. The zero-order chi connectivity index (χ0) is 13.3. The molecule has 98 valence electrons. The van der Waals surface area contributed by atoms with Crippen LogP contribution in [0.1, 0.15) is 24.2 Å². The first-order valence-corrected chi connectivity index (χ1v) is 6.83. The molecule has 2 N–H and O–H groups in total. The molecule has 4 nitrogen and oxygen atoms in total. The maximum Gasteiger partial charge on any atom is 0.257 e. The van der Waals surface area contributed by atoms with E-state index in [1.54, 1.807) is 4.90 Å². The summed E-state index contributed by atoms with van der Waals surface area (Å²) in [6, 6.07) is 4.07. The van der Waals surface area contributed by atoms with Gasteiger partial charge in [0.05, 0.1) is 5.56 Å². The number of hydrogen-bond acceptors (Lipinski definition) is 4. The number of amides is 1. The number of thioether (sulfide) groups is 1. The summed E-state index contributed by atoms with van der Waals surface area (Å²) in [5, 5.41) is 18.9. The SMILES string of the molecule is CC1(C)CN(C(=O)c2ccc(O)cc2O)CCS1. The summed E-state index contributed by atoms with van der Waals surface area (Å²) in [4.78, 5) is 14.0. The third-order valence-electron chi connectivity index (χ3n) is 2.92. The fourth-order valence-corrected chi connectivity index (χ4v) is 3.17. The second-order valence-electron chi connectivity index (χ2n) is 5.04. The van der Waals surface area contributed by atoms with Crippen molar-refractivity contribution < 1.29 is 15.0 Å². The Labute approximate surface area is 111 Å². The molecule has 0 unspecified atom stereocenters. The molecule has 1 aliphatic heterocycles. The molecule has 2 rings (SSSR count). The summed E-state index contributed by atoms with van der Waals surface area (Å²) in [6.07, 6.45) is 0. The highest BCUT2D eigenvalue weighted by molar-refractivity contribution is 8.00. The molecule has 1 aliphatic rings. The molecule has 1 saturated heterocycles. The van der Waals surface area contributed by atoms with Gasteiger partial charge in [-0.05, 0) is 26.0 Å². The van der Waals surface area contributed by atoms with Crippen molar-refractivity contribution in [2.75, 3.05) is 18.8 Å². The van der Waals surface area contributed by atoms with Gasteiger partial charge in [-0.3, -0.25) is 4.79 Å². The minimum atomic E-state index is -0.180. The third-order valence-corrected chi connectivity index (χ3v) is 4.22. The van der Waals surface area contributed by atoms with Gasteiger partial charge in [-0.2, -0.15) is 11.8 Å². The molecule has 0 saturated carbocycles. The quantitative estimate of drug-likeness (QED) is 0.817. The van der Waals surface area contributed by atoms with Crippen LogP contribution >= 0.6 is 11.8 Å². The van der Waals surface area contributed by atoms with Crippen molar-refractivity contribution in [1.29, 1.82) is 0 Å². The highest BCUT2D eigenvalue weighted by Crippen LogP contribution is 2.31. The summed E-state index contributed by atoms with van der Waals surface area (Å²) in [7, 11) is 0. The number of carbonyl (C=O) groups is 1. The van der Waals surface area contributed by atoms with Crippen molar-refractivity contribution in [1.82, 2.24) is 4.90 Å². The lowest BCUT2D eigenvalue weighted by molar-refractivity contribution is 0.0745.